The highest BCUT2D eigenvalue weighted by atomic mass is 35.5. The van der Waals surface area contributed by atoms with Gasteiger partial charge in [-0.05, 0) is 37.8 Å². The van der Waals surface area contributed by atoms with Crippen molar-refractivity contribution in [3.63, 3.8) is 0 Å². The van der Waals surface area contributed by atoms with Gasteiger partial charge in [0, 0.05) is 16.7 Å². The Bertz CT molecular complexity index is 772. The number of hydrogen-bond acceptors (Lipinski definition) is 5. The molecule has 0 spiro atoms. The number of hydrogen-bond donors (Lipinski definition) is 0. The van der Waals surface area contributed by atoms with Crippen molar-refractivity contribution in [3.8, 4) is 9.88 Å². The molecule has 2 aromatic heterocycles. The first-order valence-electron chi connectivity index (χ1n) is 7.91. The lowest BCUT2D eigenvalue weighted by atomic mass is 9.77. The number of fused-ring (bicyclic) bond motifs is 2. The zero-order valence-corrected chi connectivity index (χ0v) is 15.1. The first-order chi connectivity index (χ1) is 11.1. The molecule has 2 aromatic rings. The van der Waals surface area contributed by atoms with Gasteiger partial charge in [-0.15, -0.1) is 22.7 Å². The molecular weight excluding hydrogens is 350 g/mol. The Hall–Kier alpha value is -1.04. The van der Waals surface area contributed by atoms with Gasteiger partial charge >= 0.3 is 0 Å². The SMILES string of the molecule is CCc1sc(-c2ccc(Cl)s2)nc1C1C(=O)C2CCC(C2)C1=O. The molecule has 2 saturated carbocycles. The second kappa shape index (κ2) is 5.80. The van der Waals surface area contributed by atoms with Crippen molar-refractivity contribution in [2.45, 2.75) is 38.5 Å². The van der Waals surface area contributed by atoms with E-state index >= 15 is 0 Å². The van der Waals surface area contributed by atoms with Crippen LogP contribution in [0.1, 0.15) is 42.7 Å². The summed E-state index contributed by atoms with van der Waals surface area (Å²) in [6.45, 7) is 2.05. The minimum atomic E-state index is -0.628. The van der Waals surface area contributed by atoms with Gasteiger partial charge in [0.05, 0.1) is 14.9 Å². The van der Waals surface area contributed by atoms with Crippen LogP contribution >= 0.6 is 34.3 Å². The molecule has 2 bridgehead atoms. The maximum Gasteiger partial charge on any atom is 0.152 e. The molecule has 0 amide bonds. The van der Waals surface area contributed by atoms with Crippen LogP contribution in [0.15, 0.2) is 12.1 Å². The molecule has 120 valence electrons. The van der Waals surface area contributed by atoms with Gasteiger partial charge < -0.3 is 0 Å². The van der Waals surface area contributed by atoms with E-state index < -0.39 is 5.92 Å². The van der Waals surface area contributed by atoms with Crippen LogP contribution in [0.5, 0.6) is 0 Å². The van der Waals surface area contributed by atoms with Crippen molar-refractivity contribution in [1.82, 2.24) is 4.98 Å². The number of thiophene rings is 1. The maximum atomic E-state index is 12.7. The molecule has 6 heteroatoms. The first kappa shape index (κ1) is 15.5. The summed E-state index contributed by atoms with van der Waals surface area (Å²) in [7, 11) is 0. The summed E-state index contributed by atoms with van der Waals surface area (Å²) in [5.41, 5.74) is 0.712. The fraction of sp³-hybridized carbons (Fsp3) is 0.471. The molecule has 2 atom stereocenters. The largest absolute Gasteiger partial charge is 0.298 e. The number of thiazole rings is 1. The van der Waals surface area contributed by atoms with E-state index in [2.05, 4.69) is 6.92 Å². The molecule has 2 unspecified atom stereocenters. The summed E-state index contributed by atoms with van der Waals surface area (Å²) in [5, 5.41) is 0.868. The van der Waals surface area contributed by atoms with Crippen LogP contribution in [0.2, 0.25) is 4.34 Å². The molecule has 0 aliphatic heterocycles. The highest BCUT2D eigenvalue weighted by molar-refractivity contribution is 7.23. The van der Waals surface area contributed by atoms with Gasteiger partial charge in [0.25, 0.3) is 0 Å². The van der Waals surface area contributed by atoms with Crippen LogP contribution in [0.4, 0.5) is 0 Å². The maximum absolute atomic E-state index is 12.7. The van der Waals surface area contributed by atoms with E-state index in [1.165, 1.54) is 11.3 Å². The zero-order valence-electron chi connectivity index (χ0n) is 12.7. The second-order valence-corrected chi connectivity index (χ2v) is 9.03. The van der Waals surface area contributed by atoms with Crippen LogP contribution in [0, 0.1) is 11.8 Å². The summed E-state index contributed by atoms with van der Waals surface area (Å²) in [6, 6.07) is 3.80. The van der Waals surface area contributed by atoms with E-state index in [1.54, 1.807) is 11.3 Å². The van der Waals surface area contributed by atoms with Gasteiger partial charge in [-0.2, -0.15) is 0 Å². The topological polar surface area (TPSA) is 47.0 Å². The summed E-state index contributed by atoms with van der Waals surface area (Å²) in [6.07, 6.45) is 3.28. The third-order valence-corrected chi connectivity index (χ3v) is 7.53. The Morgan fingerprint density at radius 2 is 1.87 bits per heavy atom. The van der Waals surface area contributed by atoms with E-state index in [9.17, 15) is 9.59 Å². The lowest BCUT2D eigenvalue weighted by Crippen LogP contribution is -2.35. The number of rotatable bonds is 3. The van der Waals surface area contributed by atoms with E-state index in [0.717, 1.165) is 44.8 Å². The Kier molecular flexibility index (Phi) is 3.90. The molecular formula is C17H16ClNO2S2. The monoisotopic (exact) mass is 365 g/mol. The number of carbonyl (C=O) groups is 2. The smallest absolute Gasteiger partial charge is 0.152 e. The number of carbonyl (C=O) groups excluding carboxylic acids is 2. The lowest BCUT2D eigenvalue weighted by molar-refractivity contribution is -0.136. The fourth-order valence-corrected chi connectivity index (χ4v) is 5.89. The van der Waals surface area contributed by atoms with E-state index in [-0.39, 0.29) is 23.4 Å². The van der Waals surface area contributed by atoms with Gasteiger partial charge in [-0.25, -0.2) is 4.98 Å². The number of ketones is 2. The molecule has 0 aromatic carbocycles. The predicted octanol–water partition coefficient (Wildman–Crippen LogP) is 4.74. The van der Waals surface area contributed by atoms with Crippen molar-refractivity contribution in [3.05, 3.63) is 27.0 Å². The molecule has 3 nitrogen and oxygen atoms in total. The lowest BCUT2D eigenvalue weighted by Gasteiger charge is -2.24. The number of aromatic nitrogens is 1. The Labute approximate surface area is 147 Å². The standard InChI is InChI=1S/C17H16ClNO2S2/c1-2-10-14(19-17(23-10)11-5-6-12(18)22-11)13-15(20)8-3-4-9(7-8)16(13)21/h5-6,8-9,13H,2-4,7H2,1H3. The molecule has 0 radical (unpaired) electrons. The normalized spacial score (nSPS) is 27.0. The quantitative estimate of drug-likeness (QED) is 0.738. The molecule has 2 heterocycles. The third-order valence-electron chi connectivity index (χ3n) is 4.91. The molecule has 4 rings (SSSR count). The zero-order chi connectivity index (χ0) is 16.1. The second-order valence-electron chi connectivity index (χ2n) is 6.23. The minimum absolute atomic E-state index is 0.0636. The van der Waals surface area contributed by atoms with Crippen molar-refractivity contribution >= 4 is 45.8 Å². The van der Waals surface area contributed by atoms with Crippen molar-refractivity contribution in [2.75, 3.05) is 0 Å². The van der Waals surface area contributed by atoms with Crippen LogP contribution in [-0.2, 0) is 16.0 Å². The summed E-state index contributed by atoms with van der Waals surface area (Å²) < 4.78 is 0.720. The van der Waals surface area contributed by atoms with Crippen LogP contribution in [-0.4, -0.2) is 16.6 Å². The van der Waals surface area contributed by atoms with Crippen molar-refractivity contribution in [1.29, 1.82) is 0 Å². The summed E-state index contributed by atoms with van der Waals surface area (Å²) >= 11 is 9.08. The molecule has 23 heavy (non-hydrogen) atoms. The highest BCUT2D eigenvalue weighted by Crippen LogP contribution is 2.46. The average molecular weight is 366 g/mol. The number of aryl methyl sites for hydroxylation is 1. The number of nitrogens with zero attached hydrogens (tertiary/aromatic N) is 1. The molecule has 2 fully saturated rings. The van der Waals surface area contributed by atoms with Crippen LogP contribution in [0.3, 0.4) is 0 Å². The Balaban J connectivity index is 1.77. The minimum Gasteiger partial charge on any atom is -0.298 e. The first-order valence-corrected chi connectivity index (χ1v) is 9.92. The van der Waals surface area contributed by atoms with Gasteiger partial charge in [-0.1, -0.05) is 18.5 Å². The Morgan fingerprint density at radius 1 is 1.17 bits per heavy atom. The van der Waals surface area contributed by atoms with E-state index in [0.29, 0.717) is 5.69 Å². The van der Waals surface area contributed by atoms with E-state index in [1.807, 2.05) is 12.1 Å². The number of Topliss-reactive ketones (excluding diaryl/α,β-unsaturated/α-hetero) is 2. The molecule has 2 aliphatic carbocycles. The van der Waals surface area contributed by atoms with Crippen molar-refractivity contribution in [2.24, 2.45) is 11.8 Å². The highest BCUT2D eigenvalue weighted by Gasteiger charge is 2.48. The van der Waals surface area contributed by atoms with Crippen molar-refractivity contribution < 1.29 is 9.59 Å². The summed E-state index contributed by atoms with van der Waals surface area (Å²) in [4.78, 5) is 32.2. The number of halogens is 1. The molecule has 0 N–H and O–H groups in total. The van der Waals surface area contributed by atoms with Gasteiger partial charge in [0.1, 0.15) is 10.9 Å². The van der Waals surface area contributed by atoms with Gasteiger partial charge in [0.2, 0.25) is 0 Å². The molecule has 2 aliphatic rings. The van der Waals surface area contributed by atoms with Crippen LogP contribution < -0.4 is 0 Å². The molecule has 0 saturated heterocycles. The Morgan fingerprint density at radius 3 is 2.43 bits per heavy atom. The predicted molar refractivity (Wildman–Crippen MR) is 93.4 cm³/mol. The van der Waals surface area contributed by atoms with E-state index in [4.69, 9.17) is 16.6 Å². The fourth-order valence-electron chi connectivity index (χ4n) is 3.76. The van der Waals surface area contributed by atoms with Gasteiger partial charge in [0.15, 0.2) is 11.6 Å². The average Bonchev–Trinajstić information content (AvgIpc) is 3.23. The summed E-state index contributed by atoms with van der Waals surface area (Å²) in [5.74, 6) is -0.307. The third kappa shape index (κ3) is 2.49. The van der Waals surface area contributed by atoms with Crippen LogP contribution in [0.25, 0.3) is 9.88 Å². The van der Waals surface area contributed by atoms with Gasteiger partial charge in [-0.3, -0.25) is 9.59 Å².